The van der Waals surface area contributed by atoms with Crippen molar-refractivity contribution in [3.63, 3.8) is 0 Å². The van der Waals surface area contributed by atoms with E-state index in [1.165, 1.54) is 13.1 Å². The molecule has 0 spiro atoms. The summed E-state index contributed by atoms with van der Waals surface area (Å²) in [7, 11) is 0. The van der Waals surface area contributed by atoms with E-state index in [0.717, 1.165) is 0 Å². The predicted octanol–water partition coefficient (Wildman–Crippen LogP) is -0.0531. The van der Waals surface area contributed by atoms with E-state index in [2.05, 4.69) is 15.8 Å². The molecule has 82 valence electrons. The van der Waals surface area contributed by atoms with E-state index in [-0.39, 0.29) is 6.54 Å². The number of hydrogen-bond donors (Lipinski definition) is 3. The Labute approximate surface area is 85.4 Å². The third-order valence-corrected chi connectivity index (χ3v) is 1.63. The molecule has 0 aliphatic carbocycles. The normalized spacial score (nSPS) is 11.8. The molecular formula is C8H11N3O4. The first kappa shape index (κ1) is 11.0. The van der Waals surface area contributed by atoms with Crippen LogP contribution in [-0.2, 0) is 11.3 Å². The highest BCUT2D eigenvalue weighted by Crippen LogP contribution is 1.94. The maximum Gasteiger partial charge on any atom is 0.325 e. The number of amides is 2. The largest absolute Gasteiger partial charge is 0.480 e. The number of urea groups is 1. The lowest BCUT2D eigenvalue weighted by Gasteiger charge is -2.09. The average molecular weight is 213 g/mol. The standard InChI is InChI=1S/C8H11N3O4/c1-5(7(12)13)11-8(14)9-4-6-2-3-10-15-6/h2-3,5H,4H2,1H3,(H,12,13)(H2,9,11,14). The molecule has 7 nitrogen and oxygen atoms in total. The summed E-state index contributed by atoms with van der Waals surface area (Å²) in [5.74, 6) is -0.599. The summed E-state index contributed by atoms with van der Waals surface area (Å²) >= 11 is 0. The number of rotatable bonds is 4. The van der Waals surface area contributed by atoms with Gasteiger partial charge >= 0.3 is 12.0 Å². The highest BCUT2D eigenvalue weighted by Gasteiger charge is 2.13. The van der Waals surface area contributed by atoms with E-state index in [9.17, 15) is 9.59 Å². The molecule has 0 fully saturated rings. The summed E-state index contributed by atoms with van der Waals surface area (Å²) in [6, 6.07) is 0.0991. The van der Waals surface area contributed by atoms with Crippen molar-refractivity contribution >= 4 is 12.0 Å². The Kier molecular flexibility index (Phi) is 3.67. The Morgan fingerprint density at radius 2 is 2.40 bits per heavy atom. The SMILES string of the molecule is CC(NC(=O)NCc1ccno1)C(=O)O. The van der Waals surface area contributed by atoms with Gasteiger partial charge < -0.3 is 20.3 Å². The van der Waals surface area contributed by atoms with Crippen LogP contribution in [0.15, 0.2) is 16.8 Å². The van der Waals surface area contributed by atoms with Crippen LogP contribution in [0.4, 0.5) is 4.79 Å². The molecule has 1 aromatic rings. The fraction of sp³-hybridized carbons (Fsp3) is 0.375. The zero-order valence-electron chi connectivity index (χ0n) is 8.06. The highest BCUT2D eigenvalue weighted by atomic mass is 16.5. The number of nitrogens with one attached hydrogen (secondary N) is 2. The first-order valence-corrected chi connectivity index (χ1v) is 4.26. The van der Waals surface area contributed by atoms with Gasteiger partial charge in [0.2, 0.25) is 0 Å². The number of carbonyl (C=O) groups is 2. The number of carboxylic acid groups (broad SMARTS) is 1. The summed E-state index contributed by atoms with van der Waals surface area (Å²) in [4.78, 5) is 21.5. The lowest BCUT2D eigenvalue weighted by atomic mass is 10.3. The van der Waals surface area contributed by atoms with Crippen molar-refractivity contribution in [2.75, 3.05) is 0 Å². The molecule has 0 radical (unpaired) electrons. The van der Waals surface area contributed by atoms with Crippen LogP contribution in [0.2, 0.25) is 0 Å². The number of carbonyl (C=O) groups excluding carboxylic acids is 1. The van der Waals surface area contributed by atoms with Gasteiger partial charge in [0.1, 0.15) is 6.04 Å². The monoisotopic (exact) mass is 213 g/mol. The smallest absolute Gasteiger partial charge is 0.325 e. The summed E-state index contributed by atoms with van der Waals surface area (Å²) in [5.41, 5.74) is 0. The predicted molar refractivity (Wildman–Crippen MR) is 49.0 cm³/mol. The van der Waals surface area contributed by atoms with Crippen LogP contribution in [0.25, 0.3) is 0 Å². The Morgan fingerprint density at radius 3 is 2.93 bits per heavy atom. The van der Waals surface area contributed by atoms with Crippen LogP contribution >= 0.6 is 0 Å². The summed E-state index contributed by atoms with van der Waals surface area (Å²) in [5, 5.41) is 16.6. The average Bonchev–Trinajstić information content (AvgIpc) is 2.66. The fourth-order valence-electron chi connectivity index (χ4n) is 0.810. The molecule has 1 heterocycles. The van der Waals surface area contributed by atoms with Crippen LogP contribution in [0.5, 0.6) is 0 Å². The van der Waals surface area contributed by atoms with Gasteiger partial charge in [0.25, 0.3) is 0 Å². The zero-order chi connectivity index (χ0) is 11.3. The Hall–Kier alpha value is -2.05. The topological polar surface area (TPSA) is 104 Å². The minimum absolute atomic E-state index is 0.165. The molecule has 0 aliphatic heterocycles. The molecule has 0 bridgehead atoms. The van der Waals surface area contributed by atoms with Crippen molar-refractivity contribution in [3.8, 4) is 0 Å². The second kappa shape index (κ2) is 4.99. The molecule has 1 aromatic heterocycles. The first-order chi connectivity index (χ1) is 7.09. The molecule has 3 N–H and O–H groups in total. The molecule has 15 heavy (non-hydrogen) atoms. The molecular weight excluding hydrogens is 202 g/mol. The van der Waals surface area contributed by atoms with Gasteiger partial charge in [-0.05, 0) is 6.92 Å². The van der Waals surface area contributed by atoms with Crippen LogP contribution in [0, 0.1) is 0 Å². The number of hydrogen-bond acceptors (Lipinski definition) is 4. The minimum Gasteiger partial charge on any atom is -0.480 e. The maximum atomic E-state index is 11.1. The van der Waals surface area contributed by atoms with Gasteiger partial charge in [-0.1, -0.05) is 5.16 Å². The lowest BCUT2D eigenvalue weighted by molar-refractivity contribution is -0.138. The number of aromatic nitrogens is 1. The van der Waals surface area contributed by atoms with Gasteiger partial charge in [0.05, 0.1) is 12.7 Å². The van der Waals surface area contributed by atoms with E-state index >= 15 is 0 Å². The third-order valence-electron chi connectivity index (χ3n) is 1.63. The lowest BCUT2D eigenvalue weighted by Crippen LogP contribution is -2.44. The van der Waals surface area contributed by atoms with Crippen LogP contribution in [-0.4, -0.2) is 28.3 Å². The van der Waals surface area contributed by atoms with Crippen molar-refractivity contribution in [3.05, 3.63) is 18.0 Å². The molecule has 7 heteroatoms. The molecule has 0 saturated carbocycles. The fourth-order valence-corrected chi connectivity index (χ4v) is 0.810. The van der Waals surface area contributed by atoms with Crippen molar-refractivity contribution < 1.29 is 19.2 Å². The van der Waals surface area contributed by atoms with Crippen molar-refractivity contribution in [1.82, 2.24) is 15.8 Å². The van der Waals surface area contributed by atoms with E-state index in [1.807, 2.05) is 0 Å². The van der Waals surface area contributed by atoms with Crippen LogP contribution in [0.1, 0.15) is 12.7 Å². The molecule has 2 amide bonds. The van der Waals surface area contributed by atoms with Gasteiger partial charge in [-0.2, -0.15) is 0 Å². The second-order valence-electron chi connectivity index (χ2n) is 2.87. The van der Waals surface area contributed by atoms with Gasteiger partial charge in [0, 0.05) is 6.07 Å². The van der Waals surface area contributed by atoms with E-state index in [0.29, 0.717) is 5.76 Å². The van der Waals surface area contributed by atoms with Gasteiger partial charge in [-0.25, -0.2) is 4.79 Å². The van der Waals surface area contributed by atoms with Gasteiger partial charge in [-0.15, -0.1) is 0 Å². The number of carboxylic acids is 1. The summed E-state index contributed by atoms with van der Waals surface area (Å²) < 4.78 is 4.73. The Morgan fingerprint density at radius 1 is 1.67 bits per heavy atom. The van der Waals surface area contributed by atoms with Crippen molar-refractivity contribution in [1.29, 1.82) is 0 Å². The molecule has 0 aromatic carbocycles. The molecule has 0 saturated heterocycles. The summed E-state index contributed by atoms with van der Waals surface area (Å²) in [6.07, 6.45) is 1.45. The first-order valence-electron chi connectivity index (χ1n) is 4.26. The van der Waals surface area contributed by atoms with Gasteiger partial charge in [0.15, 0.2) is 5.76 Å². The maximum absolute atomic E-state index is 11.1. The Balaban J connectivity index is 2.28. The number of nitrogens with zero attached hydrogens (tertiary/aromatic N) is 1. The van der Waals surface area contributed by atoms with Crippen molar-refractivity contribution in [2.24, 2.45) is 0 Å². The van der Waals surface area contributed by atoms with Gasteiger partial charge in [-0.3, -0.25) is 4.79 Å². The number of aliphatic carboxylic acids is 1. The quantitative estimate of drug-likeness (QED) is 0.650. The second-order valence-corrected chi connectivity index (χ2v) is 2.87. The Bertz CT molecular complexity index is 336. The van der Waals surface area contributed by atoms with E-state index in [1.54, 1.807) is 6.07 Å². The molecule has 1 atom stereocenters. The third kappa shape index (κ3) is 3.67. The van der Waals surface area contributed by atoms with Crippen LogP contribution < -0.4 is 10.6 Å². The van der Waals surface area contributed by atoms with Crippen LogP contribution in [0.3, 0.4) is 0 Å². The van der Waals surface area contributed by atoms with E-state index in [4.69, 9.17) is 9.63 Å². The summed E-state index contributed by atoms with van der Waals surface area (Å²) in [6.45, 7) is 1.54. The molecule has 0 aliphatic rings. The van der Waals surface area contributed by atoms with Crippen molar-refractivity contribution in [2.45, 2.75) is 19.5 Å². The molecule has 1 unspecified atom stereocenters. The zero-order valence-corrected chi connectivity index (χ0v) is 8.06. The highest BCUT2D eigenvalue weighted by molar-refractivity contribution is 5.82. The van der Waals surface area contributed by atoms with E-state index < -0.39 is 18.0 Å². The molecule has 1 rings (SSSR count). The minimum atomic E-state index is -1.09.